The molecule has 2 aromatic rings. The second-order valence-electron chi connectivity index (χ2n) is 4.23. The van der Waals surface area contributed by atoms with Crippen molar-refractivity contribution < 1.29 is 0 Å². The number of anilines is 1. The Balaban J connectivity index is 2.72. The molecule has 2 N–H and O–H groups in total. The lowest BCUT2D eigenvalue weighted by molar-refractivity contribution is 0.919. The maximum absolute atomic E-state index is 5.64. The van der Waals surface area contributed by atoms with Crippen LogP contribution in [0.1, 0.15) is 5.56 Å². The summed E-state index contributed by atoms with van der Waals surface area (Å²) in [5.74, 6) is 0. The van der Waals surface area contributed by atoms with Crippen LogP contribution in [0.15, 0.2) is 18.5 Å². The fourth-order valence-electron chi connectivity index (χ4n) is 2.09. The average Bonchev–Trinajstić information content (AvgIpc) is 2.57. The third-order valence-electron chi connectivity index (χ3n) is 2.81. The maximum atomic E-state index is 5.64. The monoisotopic (exact) mass is 218 g/mol. The van der Waals surface area contributed by atoms with E-state index in [0.29, 0.717) is 6.54 Å². The van der Waals surface area contributed by atoms with Gasteiger partial charge in [0.1, 0.15) is 5.65 Å². The van der Waals surface area contributed by atoms with Crippen LogP contribution in [0.4, 0.5) is 5.69 Å². The first-order chi connectivity index (χ1) is 7.65. The Morgan fingerprint density at radius 3 is 2.81 bits per heavy atom. The summed E-state index contributed by atoms with van der Waals surface area (Å²) in [6.07, 6.45) is 4.87. The molecule has 0 amide bonds. The quantitative estimate of drug-likeness (QED) is 0.840. The van der Waals surface area contributed by atoms with Crippen LogP contribution >= 0.6 is 0 Å². The van der Waals surface area contributed by atoms with E-state index in [0.717, 1.165) is 12.1 Å². The van der Waals surface area contributed by atoms with Gasteiger partial charge in [-0.05, 0) is 24.6 Å². The molecule has 0 aliphatic heterocycles. The Labute approximate surface area is 95.7 Å². The van der Waals surface area contributed by atoms with Gasteiger partial charge in [-0.1, -0.05) is 0 Å². The van der Waals surface area contributed by atoms with Crippen molar-refractivity contribution in [3.05, 3.63) is 24.0 Å². The summed E-state index contributed by atoms with van der Waals surface area (Å²) in [5.41, 5.74) is 9.14. The molecule has 0 aliphatic rings. The second kappa shape index (κ2) is 4.14. The van der Waals surface area contributed by atoms with Gasteiger partial charge in [-0.3, -0.25) is 0 Å². The van der Waals surface area contributed by atoms with Crippen LogP contribution in [0.25, 0.3) is 11.0 Å². The van der Waals surface area contributed by atoms with E-state index in [9.17, 15) is 0 Å². The molecular formula is C12H18N4. The normalized spacial score (nSPS) is 11.0. The van der Waals surface area contributed by atoms with Crippen LogP contribution in [0.3, 0.4) is 0 Å². The minimum atomic E-state index is 0.668. The van der Waals surface area contributed by atoms with Gasteiger partial charge >= 0.3 is 0 Å². The van der Waals surface area contributed by atoms with Crippen LogP contribution in [0, 0.1) is 0 Å². The second-order valence-corrected chi connectivity index (χ2v) is 4.23. The predicted molar refractivity (Wildman–Crippen MR) is 67.8 cm³/mol. The molecular weight excluding hydrogens is 200 g/mol. The van der Waals surface area contributed by atoms with Gasteiger partial charge < -0.3 is 15.2 Å². The highest BCUT2D eigenvalue weighted by molar-refractivity contribution is 5.93. The van der Waals surface area contributed by atoms with E-state index >= 15 is 0 Å². The summed E-state index contributed by atoms with van der Waals surface area (Å²) in [6.45, 7) is 0.668. The van der Waals surface area contributed by atoms with Gasteiger partial charge in [0.2, 0.25) is 0 Å². The van der Waals surface area contributed by atoms with Crippen molar-refractivity contribution in [3.8, 4) is 0 Å². The molecule has 2 rings (SSSR count). The zero-order valence-electron chi connectivity index (χ0n) is 10.1. The van der Waals surface area contributed by atoms with Crippen LogP contribution < -0.4 is 10.6 Å². The highest BCUT2D eigenvalue weighted by Crippen LogP contribution is 2.28. The first-order valence-electron chi connectivity index (χ1n) is 5.45. The smallest absolute Gasteiger partial charge is 0.141 e. The lowest BCUT2D eigenvalue weighted by atomic mass is 10.1. The standard InChI is InChI=1S/C12H18N4/c1-15(2)10-5-7-14-12-11(10)9(4-6-13)8-16(12)3/h5,7-8H,4,6,13H2,1-3H3. The molecule has 2 heterocycles. The molecule has 0 saturated carbocycles. The van der Waals surface area contributed by atoms with Crippen molar-refractivity contribution in [2.24, 2.45) is 12.8 Å². The molecule has 0 saturated heterocycles. The highest BCUT2D eigenvalue weighted by Gasteiger charge is 2.12. The molecule has 0 atom stereocenters. The van der Waals surface area contributed by atoms with Crippen molar-refractivity contribution >= 4 is 16.7 Å². The predicted octanol–water partition coefficient (Wildman–Crippen LogP) is 1.14. The van der Waals surface area contributed by atoms with Gasteiger partial charge in [-0.2, -0.15) is 0 Å². The van der Waals surface area contributed by atoms with Gasteiger partial charge in [0.25, 0.3) is 0 Å². The molecule has 0 radical (unpaired) electrons. The first kappa shape index (κ1) is 11.0. The van der Waals surface area contributed by atoms with E-state index in [1.807, 2.05) is 33.4 Å². The van der Waals surface area contributed by atoms with E-state index in [4.69, 9.17) is 5.73 Å². The summed E-state index contributed by atoms with van der Waals surface area (Å²) in [4.78, 5) is 6.54. The number of rotatable bonds is 3. The Kier molecular flexibility index (Phi) is 2.83. The summed E-state index contributed by atoms with van der Waals surface area (Å²) in [7, 11) is 6.12. The number of nitrogens with two attached hydrogens (primary N) is 1. The minimum Gasteiger partial charge on any atom is -0.377 e. The van der Waals surface area contributed by atoms with Crippen molar-refractivity contribution in [1.82, 2.24) is 9.55 Å². The lowest BCUT2D eigenvalue weighted by Crippen LogP contribution is -2.10. The van der Waals surface area contributed by atoms with Crippen molar-refractivity contribution in [2.75, 3.05) is 25.5 Å². The fourth-order valence-corrected chi connectivity index (χ4v) is 2.09. The van der Waals surface area contributed by atoms with Crippen LogP contribution in [0.2, 0.25) is 0 Å². The number of hydrogen-bond donors (Lipinski definition) is 1. The zero-order valence-corrected chi connectivity index (χ0v) is 10.1. The number of nitrogens with zero attached hydrogens (tertiary/aromatic N) is 3. The Morgan fingerprint density at radius 2 is 2.19 bits per heavy atom. The zero-order chi connectivity index (χ0) is 11.7. The van der Waals surface area contributed by atoms with Crippen molar-refractivity contribution in [2.45, 2.75) is 6.42 Å². The third kappa shape index (κ3) is 1.65. The molecule has 0 fully saturated rings. The molecule has 0 bridgehead atoms. The van der Waals surface area contributed by atoms with Gasteiger partial charge in [0.15, 0.2) is 0 Å². The molecule has 16 heavy (non-hydrogen) atoms. The molecule has 0 unspecified atom stereocenters. The molecule has 0 spiro atoms. The number of pyridine rings is 1. The Bertz CT molecular complexity index is 499. The van der Waals surface area contributed by atoms with Crippen LogP contribution in [-0.2, 0) is 13.5 Å². The Hall–Kier alpha value is -1.55. The molecule has 2 aromatic heterocycles. The summed E-state index contributed by atoms with van der Waals surface area (Å²) in [5, 5.41) is 1.22. The maximum Gasteiger partial charge on any atom is 0.141 e. The van der Waals surface area contributed by atoms with Gasteiger partial charge in [-0.25, -0.2) is 4.98 Å². The van der Waals surface area contributed by atoms with Gasteiger partial charge in [0.05, 0.1) is 0 Å². The van der Waals surface area contributed by atoms with E-state index < -0.39 is 0 Å². The molecule has 86 valence electrons. The number of hydrogen-bond acceptors (Lipinski definition) is 3. The van der Waals surface area contributed by atoms with E-state index in [1.165, 1.54) is 16.6 Å². The largest absolute Gasteiger partial charge is 0.377 e. The summed E-state index contributed by atoms with van der Waals surface area (Å²) < 4.78 is 2.06. The lowest BCUT2D eigenvalue weighted by Gasteiger charge is -2.14. The van der Waals surface area contributed by atoms with Crippen molar-refractivity contribution in [1.29, 1.82) is 0 Å². The summed E-state index contributed by atoms with van der Waals surface area (Å²) in [6, 6.07) is 2.04. The Morgan fingerprint density at radius 1 is 1.44 bits per heavy atom. The average molecular weight is 218 g/mol. The fraction of sp³-hybridized carbons (Fsp3) is 0.417. The molecule has 4 nitrogen and oxygen atoms in total. The van der Waals surface area contributed by atoms with Crippen LogP contribution in [-0.4, -0.2) is 30.2 Å². The summed E-state index contributed by atoms with van der Waals surface area (Å²) >= 11 is 0. The van der Waals surface area contributed by atoms with Crippen molar-refractivity contribution in [3.63, 3.8) is 0 Å². The first-order valence-corrected chi connectivity index (χ1v) is 5.45. The minimum absolute atomic E-state index is 0.668. The SMILES string of the molecule is CN(C)c1ccnc2c1c(CCN)cn2C. The van der Waals surface area contributed by atoms with Gasteiger partial charge in [-0.15, -0.1) is 0 Å². The molecule has 0 aromatic carbocycles. The third-order valence-corrected chi connectivity index (χ3v) is 2.81. The molecule has 4 heteroatoms. The van der Waals surface area contributed by atoms with E-state index in [2.05, 4.69) is 20.6 Å². The number of fused-ring (bicyclic) bond motifs is 1. The van der Waals surface area contributed by atoms with E-state index in [1.54, 1.807) is 0 Å². The van der Waals surface area contributed by atoms with Gasteiger partial charge in [0, 0.05) is 44.6 Å². The molecule has 0 aliphatic carbocycles. The number of aromatic nitrogens is 2. The highest BCUT2D eigenvalue weighted by atomic mass is 15.1. The van der Waals surface area contributed by atoms with E-state index in [-0.39, 0.29) is 0 Å². The number of aryl methyl sites for hydroxylation is 1. The van der Waals surface area contributed by atoms with Crippen LogP contribution in [0.5, 0.6) is 0 Å². The topological polar surface area (TPSA) is 47.1 Å².